The first-order valence-corrected chi connectivity index (χ1v) is 13.3. The van der Waals surface area contributed by atoms with E-state index in [1.54, 1.807) is 0 Å². The lowest BCUT2D eigenvalue weighted by atomic mass is 9.84. The number of hydrogen-bond acceptors (Lipinski definition) is 1. The van der Waals surface area contributed by atoms with Gasteiger partial charge >= 0.3 is 0 Å². The van der Waals surface area contributed by atoms with Crippen LogP contribution in [0.3, 0.4) is 0 Å². The number of benzene rings is 7. The predicted molar refractivity (Wildman–Crippen MR) is 166 cm³/mol. The highest BCUT2D eigenvalue weighted by atomic mass is 16.3. The van der Waals surface area contributed by atoms with Gasteiger partial charge in [-0.2, -0.15) is 0 Å². The minimum atomic E-state index is -0.288. The number of aryl methyl sites for hydroxylation is 1. The Morgan fingerprint density at radius 1 is 0.564 bits per heavy atom. The summed E-state index contributed by atoms with van der Waals surface area (Å²) < 4.78 is 39.5. The molecule has 0 saturated carbocycles. The first kappa shape index (κ1) is 18.4. The zero-order valence-corrected chi connectivity index (χ0v) is 21.4. The van der Waals surface area contributed by atoms with Crippen LogP contribution in [-0.2, 0) is 6.42 Å². The molecule has 1 nitrogen and oxygen atoms in total. The van der Waals surface area contributed by atoms with E-state index in [9.17, 15) is 0 Å². The summed E-state index contributed by atoms with van der Waals surface area (Å²) in [6.45, 7) is 2.17. The maximum Gasteiger partial charge on any atom is 0.136 e. The lowest BCUT2D eigenvalue weighted by molar-refractivity contribution is 0.669. The van der Waals surface area contributed by atoms with Crippen molar-refractivity contribution in [2.24, 2.45) is 0 Å². The van der Waals surface area contributed by atoms with Gasteiger partial charge in [-0.05, 0) is 84.7 Å². The highest BCUT2D eigenvalue weighted by Gasteiger charge is 2.18. The highest BCUT2D eigenvalue weighted by molar-refractivity contribution is 6.24. The molecule has 0 atom stereocenters. The van der Waals surface area contributed by atoms with Crippen LogP contribution in [0.2, 0.25) is 0 Å². The Bertz CT molecular complexity index is 2360. The van der Waals surface area contributed by atoms with E-state index in [0.29, 0.717) is 16.4 Å². The number of rotatable bonds is 3. The van der Waals surface area contributed by atoms with Gasteiger partial charge < -0.3 is 4.42 Å². The summed E-state index contributed by atoms with van der Waals surface area (Å²) in [7, 11) is 0. The van der Waals surface area contributed by atoms with Gasteiger partial charge in [0, 0.05) is 10.8 Å². The van der Waals surface area contributed by atoms with E-state index in [-0.39, 0.29) is 29.8 Å². The van der Waals surface area contributed by atoms with E-state index >= 15 is 0 Å². The Morgan fingerprint density at radius 2 is 1.23 bits per heavy atom. The molecule has 0 spiro atoms. The molecule has 0 aliphatic carbocycles. The molecule has 0 bridgehead atoms. The van der Waals surface area contributed by atoms with Gasteiger partial charge in [-0.3, -0.25) is 0 Å². The second-order valence-corrected chi connectivity index (χ2v) is 10.1. The Kier molecular flexibility index (Phi) is 4.04. The molecule has 39 heavy (non-hydrogen) atoms. The van der Waals surface area contributed by atoms with Gasteiger partial charge in [0.05, 0.1) is 5.48 Å². The van der Waals surface area contributed by atoms with Crippen molar-refractivity contribution in [3.63, 3.8) is 0 Å². The SMILES string of the molecule is [2H]c1c([2H])c([2H])c2c(oc3cc4cccc(-c5c6ccccc6c(-c6ccc(CC)cc6)c6ccccc56)c4cc32)c1[2H]. The van der Waals surface area contributed by atoms with Gasteiger partial charge in [0.15, 0.2) is 0 Å². The molecular formula is C38H26O. The fourth-order valence-electron chi connectivity index (χ4n) is 6.12. The van der Waals surface area contributed by atoms with E-state index in [1.165, 1.54) is 27.5 Å². The van der Waals surface area contributed by atoms with Crippen molar-refractivity contribution in [2.45, 2.75) is 13.3 Å². The molecule has 0 unspecified atom stereocenters. The van der Waals surface area contributed by atoms with Crippen LogP contribution in [-0.4, -0.2) is 0 Å². The standard InChI is InChI=1S/C38H26O/c1-2-24-18-20-25(21-19-24)37-28-12-3-5-14-30(28)38(31-15-6-4-13-29(31)37)32-16-9-10-26-22-36-34(23-33(26)32)27-11-7-8-17-35(27)39-36/h3-23H,2H2,1H3/i7D,8D,11D,17D. The smallest absolute Gasteiger partial charge is 0.136 e. The lowest BCUT2D eigenvalue weighted by Crippen LogP contribution is -1.92. The molecule has 8 rings (SSSR count). The minimum Gasteiger partial charge on any atom is -0.456 e. The fraction of sp³-hybridized carbons (Fsp3) is 0.0526. The molecule has 8 aromatic rings. The van der Waals surface area contributed by atoms with Crippen molar-refractivity contribution in [3.8, 4) is 22.3 Å². The summed E-state index contributed by atoms with van der Waals surface area (Å²) in [5.41, 5.74) is 6.66. The van der Waals surface area contributed by atoms with Gasteiger partial charge in [0.25, 0.3) is 0 Å². The average Bonchev–Trinajstić information content (AvgIpc) is 3.42. The van der Waals surface area contributed by atoms with Crippen LogP contribution in [0.25, 0.3) is 76.5 Å². The van der Waals surface area contributed by atoms with E-state index in [2.05, 4.69) is 97.9 Å². The summed E-state index contributed by atoms with van der Waals surface area (Å²) in [5, 5.41) is 7.75. The summed E-state index contributed by atoms with van der Waals surface area (Å²) in [5.74, 6) is 0. The molecule has 0 saturated heterocycles. The minimum absolute atomic E-state index is 0.0825. The van der Waals surface area contributed by atoms with Crippen LogP contribution in [0, 0.1) is 0 Å². The van der Waals surface area contributed by atoms with E-state index in [1.807, 2.05) is 12.1 Å². The van der Waals surface area contributed by atoms with Crippen molar-refractivity contribution >= 4 is 54.3 Å². The van der Waals surface area contributed by atoms with Crippen LogP contribution in [0.15, 0.2) is 132 Å². The van der Waals surface area contributed by atoms with Gasteiger partial charge in [0.1, 0.15) is 11.2 Å². The number of fused-ring (bicyclic) bond motifs is 6. The van der Waals surface area contributed by atoms with E-state index in [4.69, 9.17) is 9.90 Å². The summed E-state index contributed by atoms with van der Waals surface area (Å²) >= 11 is 0. The average molecular weight is 503 g/mol. The molecule has 0 amide bonds. The van der Waals surface area contributed by atoms with Crippen LogP contribution < -0.4 is 0 Å². The van der Waals surface area contributed by atoms with Crippen molar-refractivity contribution < 1.29 is 9.90 Å². The molecule has 0 radical (unpaired) electrons. The van der Waals surface area contributed by atoms with Gasteiger partial charge in [-0.1, -0.05) is 116 Å². The molecule has 0 fully saturated rings. The molecule has 7 aromatic carbocycles. The first-order chi connectivity index (χ1) is 21.0. The van der Waals surface area contributed by atoms with Gasteiger partial charge in [-0.25, -0.2) is 0 Å². The van der Waals surface area contributed by atoms with Crippen molar-refractivity contribution in [1.29, 1.82) is 0 Å². The summed E-state index contributed by atoms with van der Waals surface area (Å²) in [4.78, 5) is 0. The summed E-state index contributed by atoms with van der Waals surface area (Å²) in [6, 6.07) is 35.5. The number of para-hydroxylation sites is 1. The normalized spacial score (nSPS) is 13.3. The Balaban J connectivity index is 1.50. The maximum absolute atomic E-state index is 8.65. The van der Waals surface area contributed by atoms with Gasteiger partial charge in [-0.15, -0.1) is 0 Å². The second kappa shape index (κ2) is 8.58. The third-order valence-electron chi connectivity index (χ3n) is 7.97. The quantitative estimate of drug-likeness (QED) is 0.219. The third-order valence-corrected chi connectivity index (χ3v) is 7.97. The second-order valence-electron chi connectivity index (χ2n) is 10.1. The first-order valence-electron chi connectivity index (χ1n) is 15.3. The largest absolute Gasteiger partial charge is 0.456 e. The Labute approximate surface area is 232 Å². The topological polar surface area (TPSA) is 13.1 Å². The van der Waals surface area contributed by atoms with E-state index < -0.39 is 0 Å². The number of furan rings is 1. The Hall–Kier alpha value is -4.88. The van der Waals surface area contributed by atoms with Gasteiger partial charge in [0.2, 0.25) is 0 Å². The molecular weight excluding hydrogens is 472 g/mol. The fourth-order valence-corrected chi connectivity index (χ4v) is 6.12. The predicted octanol–water partition coefficient (Wildman–Crippen LogP) is 10.9. The van der Waals surface area contributed by atoms with Crippen molar-refractivity contribution in [1.82, 2.24) is 0 Å². The van der Waals surface area contributed by atoms with Crippen LogP contribution in [0.1, 0.15) is 18.0 Å². The van der Waals surface area contributed by atoms with Crippen LogP contribution in [0.5, 0.6) is 0 Å². The number of hydrogen-bond donors (Lipinski definition) is 0. The van der Waals surface area contributed by atoms with Crippen molar-refractivity contribution in [3.05, 3.63) is 133 Å². The van der Waals surface area contributed by atoms with E-state index in [0.717, 1.165) is 39.1 Å². The lowest BCUT2D eigenvalue weighted by Gasteiger charge is -2.19. The zero-order valence-electron chi connectivity index (χ0n) is 25.4. The molecule has 1 aromatic heterocycles. The summed E-state index contributed by atoms with van der Waals surface area (Å²) in [6.07, 6.45) is 0.999. The Morgan fingerprint density at radius 3 is 1.92 bits per heavy atom. The molecule has 0 aliphatic heterocycles. The molecule has 184 valence electrons. The molecule has 0 aliphatic rings. The monoisotopic (exact) mass is 502 g/mol. The van der Waals surface area contributed by atoms with Crippen LogP contribution >= 0.6 is 0 Å². The van der Waals surface area contributed by atoms with Crippen LogP contribution in [0.4, 0.5) is 0 Å². The third kappa shape index (κ3) is 3.33. The molecule has 1 heterocycles. The highest BCUT2D eigenvalue weighted by Crippen LogP contribution is 2.46. The zero-order chi connectivity index (χ0) is 29.4. The van der Waals surface area contributed by atoms with Crippen molar-refractivity contribution in [2.75, 3.05) is 0 Å². The maximum atomic E-state index is 8.65. The molecule has 1 heteroatoms. The molecule has 0 N–H and O–H groups in total.